The van der Waals surface area contributed by atoms with E-state index in [-0.39, 0.29) is 30.5 Å². The maximum atomic E-state index is 10.2. The standard InChI is InChI=1S/C18H30ClN3O2.HI/c1-3-5-12-24-13-8-11-21-18(20-4-2)22-14-17(23)15-9-6-7-10-16(15)19;/h6-7,9-10,17,23H,3-5,8,11-14H2,1-2H3,(H2,20,21,22);1H. The number of hydrogen-bond acceptors (Lipinski definition) is 3. The van der Waals surface area contributed by atoms with Gasteiger partial charge >= 0.3 is 0 Å². The lowest BCUT2D eigenvalue weighted by Gasteiger charge is -2.14. The molecule has 0 aliphatic carbocycles. The second kappa shape index (κ2) is 15.7. The third kappa shape index (κ3) is 10.9. The number of nitrogens with zero attached hydrogens (tertiary/aromatic N) is 1. The molecular formula is C18H31ClIN3O2. The Morgan fingerprint density at radius 3 is 2.60 bits per heavy atom. The van der Waals surface area contributed by atoms with Crippen molar-refractivity contribution in [2.24, 2.45) is 4.99 Å². The highest BCUT2D eigenvalue weighted by molar-refractivity contribution is 14.0. The summed E-state index contributed by atoms with van der Waals surface area (Å²) in [4.78, 5) is 4.42. The number of hydrogen-bond donors (Lipinski definition) is 3. The SMILES string of the molecule is CCCCOCCCNC(=NCC(O)c1ccccc1Cl)NCC.I. The maximum absolute atomic E-state index is 10.2. The minimum absolute atomic E-state index is 0. The van der Waals surface area contributed by atoms with Gasteiger partial charge in [-0.3, -0.25) is 4.99 Å². The van der Waals surface area contributed by atoms with Gasteiger partial charge in [-0.1, -0.05) is 43.1 Å². The van der Waals surface area contributed by atoms with E-state index in [9.17, 15) is 5.11 Å². The van der Waals surface area contributed by atoms with Gasteiger partial charge in [-0.05, 0) is 25.8 Å². The number of unbranched alkanes of at least 4 members (excludes halogenated alkanes) is 1. The van der Waals surface area contributed by atoms with E-state index in [2.05, 4.69) is 22.5 Å². The Hall–Kier alpha value is -0.570. The largest absolute Gasteiger partial charge is 0.386 e. The van der Waals surface area contributed by atoms with Crippen molar-refractivity contribution in [2.75, 3.05) is 32.8 Å². The molecule has 1 aromatic rings. The Bertz CT molecular complexity index is 489. The predicted octanol–water partition coefficient (Wildman–Crippen LogP) is 3.75. The van der Waals surface area contributed by atoms with E-state index in [0.29, 0.717) is 16.5 Å². The first-order valence-corrected chi connectivity index (χ1v) is 9.09. The van der Waals surface area contributed by atoms with Crippen LogP contribution in [0.15, 0.2) is 29.3 Å². The first kappa shape index (κ1) is 24.4. The van der Waals surface area contributed by atoms with Gasteiger partial charge in [-0.25, -0.2) is 0 Å². The van der Waals surface area contributed by atoms with E-state index in [4.69, 9.17) is 16.3 Å². The second-order valence-electron chi connectivity index (χ2n) is 5.50. The van der Waals surface area contributed by atoms with Crippen molar-refractivity contribution >= 4 is 41.5 Å². The van der Waals surface area contributed by atoms with E-state index >= 15 is 0 Å². The molecule has 0 aliphatic rings. The fraction of sp³-hybridized carbons (Fsp3) is 0.611. The zero-order valence-electron chi connectivity index (χ0n) is 15.1. The van der Waals surface area contributed by atoms with Crippen LogP contribution in [0.25, 0.3) is 0 Å². The molecule has 1 aromatic carbocycles. The van der Waals surface area contributed by atoms with Crippen molar-refractivity contribution < 1.29 is 9.84 Å². The molecule has 0 spiro atoms. The van der Waals surface area contributed by atoms with E-state index in [1.54, 1.807) is 6.07 Å². The van der Waals surface area contributed by atoms with Gasteiger partial charge in [0.05, 0.1) is 6.54 Å². The molecule has 25 heavy (non-hydrogen) atoms. The van der Waals surface area contributed by atoms with Crippen LogP contribution >= 0.6 is 35.6 Å². The number of rotatable bonds is 11. The van der Waals surface area contributed by atoms with E-state index < -0.39 is 6.10 Å². The minimum atomic E-state index is -0.716. The third-order valence-electron chi connectivity index (χ3n) is 3.43. The molecule has 0 heterocycles. The summed E-state index contributed by atoms with van der Waals surface area (Å²) in [5, 5.41) is 17.2. The molecule has 0 amide bonds. The van der Waals surface area contributed by atoms with Crippen molar-refractivity contribution in [3.63, 3.8) is 0 Å². The quantitative estimate of drug-likeness (QED) is 0.194. The van der Waals surface area contributed by atoms with Crippen molar-refractivity contribution in [3.8, 4) is 0 Å². The molecule has 0 aromatic heterocycles. The number of aliphatic hydroxyl groups is 1. The molecule has 1 unspecified atom stereocenters. The van der Waals surface area contributed by atoms with Crippen LogP contribution in [0.3, 0.4) is 0 Å². The summed E-state index contributed by atoms with van der Waals surface area (Å²) in [7, 11) is 0. The molecule has 1 rings (SSSR count). The predicted molar refractivity (Wildman–Crippen MR) is 116 cm³/mol. The van der Waals surface area contributed by atoms with E-state index in [1.165, 1.54) is 0 Å². The average Bonchev–Trinajstić information content (AvgIpc) is 2.59. The van der Waals surface area contributed by atoms with Gasteiger partial charge in [0.25, 0.3) is 0 Å². The zero-order valence-corrected chi connectivity index (χ0v) is 18.2. The van der Waals surface area contributed by atoms with Gasteiger partial charge in [0.15, 0.2) is 5.96 Å². The molecule has 0 fully saturated rings. The minimum Gasteiger partial charge on any atom is -0.386 e. The number of ether oxygens (including phenoxy) is 1. The number of guanidine groups is 1. The van der Waals surface area contributed by atoms with Crippen LogP contribution in [0.5, 0.6) is 0 Å². The molecule has 0 bridgehead atoms. The number of nitrogens with one attached hydrogen (secondary N) is 2. The van der Waals surface area contributed by atoms with Crippen LogP contribution < -0.4 is 10.6 Å². The molecule has 7 heteroatoms. The first-order chi connectivity index (χ1) is 11.7. The fourth-order valence-corrected chi connectivity index (χ4v) is 2.35. The smallest absolute Gasteiger partial charge is 0.191 e. The van der Waals surface area contributed by atoms with Gasteiger partial charge < -0.3 is 20.5 Å². The van der Waals surface area contributed by atoms with Crippen molar-refractivity contribution in [1.82, 2.24) is 10.6 Å². The Balaban J connectivity index is 0.00000576. The summed E-state index contributed by atoms with van der Waals surface area (Å²) in [6, 6.07) is 7.29. The van der Waals surface area contributed by atoms with Crippen LogP contribution in [0, 0.1) is 0 Å². The van der Waals surface area contributed by atoms with Gasteiger partial charge in [-0.2, -0.15) is 0 Å². The normalized spacial score (nSPS) is 12.4. The summed E-state index contributed by atoms with van der Waals surface area (Å²) in [6.45, 7) is 7.53. The van der Waals surface area contributed by atoms with Crippen molar-refractivity contribution in [2.45, 2.75) is 39.2 Å². The third-order valence-corrected chi connectivity index (χ3v) is 3.78. The molecule has 5 nitrogen and oxygen atoms in total. The lowest BCUT2D eigenvalue weighted by atomic mass is 10.1. The molecule has 1 atom stereocenters. The van der Waals surface area contributed by atoms with Gasteiger partial charge in [0, 0.05) is 36.9 Å². The highest BCUT2D eigenvalue weighted by atomic mass is 127. The van der Waals surface area contributed by atoms with Crippen molar-refractivity contribution in [1.29, 1.82) is 0 Å². The Morgan fingerprint density at radius 2 is 1.92 bits per heavy atom. The molecule has 0 saturated carbocycles. The molecule has 144 valence electrons. The number of aliphatic hydroxyl groups excluding tert-OH is 1. The van der Waals surface area contributed by atoms with Crippen LogP contribution in [-0.4, -0.2) is 43.9 Å². The van der Waals surface area contributed by atoms with Gasteiger partial charge in [0.2, 0.25) is 0 Å². The van der Waals surface area contributed by atoms with Gasteiger partial charge in [-0.15, -0.1) is 24.0 Å². The summed E-state index contributed by atoms with van der Waals surface area (Å²) < 4.78 is 5.53. The van der Waals surface area contributed by atoms with Crippen LogP contribution in [0.2, 0.25) is 5.02 Å². The van der Waals surface area contributed by atoms with Gasteiger partial charge in [0.1, 0.15) is 6.10 Å². The first-order valence-electron chi connectivity index (χ1n) is 8.71. The fourth-order valence-electron chi connectivity index (χ4n) is 2.09. The maximum Gasteiger partial charge on any atom is 0.191 e. The molecular weight excluding hydrogens is 453 g/mol. The highest BCUT2D eigenvalue weighted by Gasteiger charge is 2.10. The number of halogens is 2. The van der Waals surface area contributed by atoms with Crippen LogP contribution in [-0.2, 0) is 4.74 Å². The molecule has 0 saturated heterocycles. The molecule has 0 radical (unpaired) electrons. The number of aliphatic imine (C=N–C) groups is 1. The van der Waals surface area contributed by atoms with E-state index in [1.807, 2.05) is 25.1 Å². The second-order valence-corrected chi connectivity index (χ2v) is 5.91. The Labute approximate surface area is 173 Å². The highest BCUT2D eigenvalue weighted by Crippen LogP contribution is 2.22. The Kier molecular flexibility index (Phi) is 15.3. The van der Waals surface area contributed by atoms with Crippen LogP contribution in [0.1, 0.15) is 44.8 Å². The monoisotopic (exact) mass is 483 g/mol. The summed E-state index contributed by atoms with van der Waals surface area (Å²) in [6.07, 6.45) is 2.47. The lowest BCUT2D eigenvalue weighted by Crippen LogP contribution is -2.38. The number of benzene rings is 1. The van der Waals surface area contributed by atoms with Crippen molar-refractivity contribution in [3.05, 3.63) is 34.9 Å². The average molecular weight is 484 g/mol. The lowest BCUT2D eigenvalue weighted by molar-refractivity contribution is 0.129. The Morgan fingerprint density at radius 1 is 1.20 bits per heavy atom. The summed E-state index contributed by atoms with van der Waals surface area (Å²) in [5.74, 6) is 0.692. The topological polar surface area (TPSA) is 65.9 Å². The van der Waals surface area contributed by atoms with E-state index in [0.717, 1.165) is 45.6 Å². The molecule has 0 aliphatic heterocycles. The zero-order chi connectivity index (χ0) is 17.6. The van der Waals surface area contributed by atoms with Crippen LogP contribution in [0.4, 0.5) is 0 Å². The molecule has 3 N–H and O–H groups in total. The summed E-state index contributed by atoms with van der Waals surface area (Å²) in [5.41, 5.74) is 0.697. The summed E-state index contributed by atoms with van der Waals surface area (Å²) >= 11 is 6.10.